The average Bonchev–Trinajstić information content (AvgIpc) is 2.60. The molecule has 0 atom stereocenters. The molecule has 3 aromatic heterocycles. The van der Waals surface area contributed by atoms with Crippen molar-refractivity contribution in [3.63, 3.8) is 0 Å². The second-order valence-electron chi connectivity index (χ2n) is 5.07. The molecular weight excluding hydrogens is 292 g/mol. The van der Waals surface area contributed by atoms with Crippen molar-refractivity contribution in [3.05, 3.63) is 70.4 Å². The molecular formula is C17H16N4O2. The molecule has 1 amide bonds. The number of pyridine rings is 3. The first kappa shape index (κ1) is 14.9. The van der Waals surface area contributed by atoms with Crippen molar-refractivity contribution in [2.24, 2.45) is 0 Å². The molecule has 3 rings (SSSR count). The number of aryl methyl sites for hydroxylation is 1. The summed E-state index contributed by atoms with van der Waals surface area (Å²) in [6.07, 6.45) is 4.98. The molecule has 3 aromatic rings. The molecule has 0 saturated carbocycles. The lowest BCUT2D eigenvalue weighted by Crippen LogP contribution is -2.33. The number of carbonyl (C=O) groups excluding carboxylic acids is 1. The van der Waals surface area contributed by atoms with Gasteiger partial charge in [-0.05, 0) is 36.8 Å². The van der Waals surface area contributed by atoms with E-state index in [1.165, 1.54) is 4.57 Å². The van der Waals surface area contributed by atoms with Crippen molar-refractivity contribution in [2.75, 3.05) is 0 Å². The average molecular weight is 308 g/mol. The molecule has 3 heterocycles. The third-order valence-electron chi connectivity index (χ3n) is 3.58. The highest BCUT2D eigenvalue weighted by atomic mass is 16.2. The fourth-order valence-corrected chi connectivity index (χ4v) is 2.44. The smallest absolute Gasteiger partial charge is 0.265 e. The van der Waals surface area contributed by atoms with Gasteiger partial charge in [-0.25, -0.2) is 4.98 Å². The Bertz CT molecular complexity index is 903. The lowest BCUT2D eigenvalue weighted by atomic mass is 10.2. The molecule has 0 fully saturated rings. The first-order valence-corrected chi connectivity index (χ1v) is 7.36. The third-order valence-corrected chi connectivity index (χ3v) is 3.58. The van der Waals surface area contributed by atoms with Crippen LogP contribution < -0.4 is 10.9 Å². The highest BCUT2D eigenvalue weighted by Crippen LogP contribution is 2.11. The number of nitrogens with zero attached hydrogens (tertiary/aromatic N) is 3. The van der Waals surface area contributed by atoms with E-state index in [-0.39, 0.29) is 11.1 Å². The van der Waals surface area contributed by atoms with Crippen LogP contribution in [-0.2, 0) is 13.1 Å². The number of fused-ring (bicyclic) bond motifs is 1. The Hall–Kier alpha value is -3.02. The van der Waals surface area contributed by atoms with Gasteiger partial charge in [0.05, 0.1) is 0 Å². The number of carbonyl (C=O) groups is 1. The van der Waals surface area contributed by atoms with E-state index < -0.39 is 5.91 Å². The Morgan fingerprint density at radius 3 is 2.83 bits per heavy atom. The molecule has 116 valence electrons. The van der Waals surface area contributed by atoms with Crippen molar-refractivity contribution in [2.45, 2.75) is 20.0 Å². The summed E-state index contributed by atoms with van der Waals surface area (Å²) in [7, 11) is 0. The Morgan fingerprint density at radius 2 is 2.09 bits per heavy atom. The van der Waals surface area contributed by atoms with Crippen LogP contribution in [0.5, 0.6) is 0 Å². The molecule has 23 heavy (non-hydrogen) atoms. The Morgan fingerprint density at radius 1 is 1.26 bits per heavy atom. The fourth-order valence-electron chi connectivity index (χ4n) is 2.44. The summed E-state index contributed by atoms with van der Waals surface area (Å²) in [6, 6.07) is 8.88. The summed E-state index contributed by atoms with van der Waals surface area (Å²) in [5.74, 6) is -0.396. The van der Waals surface area contributed by atoms with Crippen LogP contribution in [-0.4, -0.2) is 20.4 Å². The number of rotatable bonds is 4. The van der Waals surface area contributed by atoms with E-state index in [0.717, 1.165) is 10.9 Å². The summed E-state index contributed by atoms with van der Waals surface area (Å²) in [4.78, 5) is 33.1. The van der Waals surface area contributed by atoms with Crippen LogP contribution in [0.25, 0.3) is 11.0 Å². The molecule has 0 aromatic carbocycles. The normalized spacial score (nSPS) is 10.7. The van der Waals surface area contributed by atoms with E-state index in [0.29, 0.717) is 18.7 Å². The predicted octanol–water partition coefficient (Wildman–Crippen LogP) is 1.74. The molecule has 0 unspecified atom stereocenters. The topological polar surface area (TPSA) is 76.9 Å². The molecule has 0 aliphatic rings. The molecule has 6 nitrogen and oxygen atoms in total. The van der Waals surface area contributed by atoms with Crippen molar-refractivity contribution in [1.29, 1.82) is 0 Å². The summed E-state index contributed by atoms with van der Waals surface area (Å²) >= 11 is 0. The lowest BCUT2D eigenvalue weighted by Gasteiger charge is -2.10. The maximum Gasteiger partial charge on any atom is 0.265 e. The van der Waals surface area contributed by atoms with Gasteiger partial charge in [0.1, 0.15) is 11.2 Å². The number of nitrogens with one attached hydrogen (secondary N) is 1. The van der Waals surface area contributed by atoms with Crippen LogP contribution in [0.15, 0.2) is 53.7 Å². The minimum atomic E-state index is -0.396. The first-order chi connectivity index (χ1) is 11.2. The number of hydrogen-bond donors (Lipinski definition) is 1. The van der Waals surface area contributed by atoms with E-state index >= 15 is 0 Å². The van der Waals surface area contributed by atoms with Gasteiger partial charge in [-0.1, -0.05) is 6.07 Å². The number of aromatic nitrogens is 3. The van der Waals surface area contributed by atoms with Crippen LogP contribution in [0.3, 0.4) is 0 Å². The number of amides is 1. The summed E-state index contributed by atoms with van der Waals surface area (Å²) in [5, 5.41) is 3.52. The minimum Gasteiger partial charge on any atom is -0.348 e. The Kier molecular flexibility index (Phi) is 4.14. The largest absolute Gasteiger partial charge is 0.348 e. The van der Waals surface area contributed by atoms with Gasteiger partial charge in [0, 0.05) is 37.1 Å². The fraction of sp³-hybridized carbons (Fsp3) is 0.176. The van der Waals surface area contributed by atoms with Crippen LogP contribution in [0.4, 0.5) is 0 Å². The van der Waals surface area contributed by atoms with Gasteiger partial charge in [0.15, 0.2) is 0 Å². The number of hydrogen-bond acceptors (Lipinski definition) is 4. The Balaban J connectivity index is 1.94. The van der Waals surface area contributed by atoms with E-state index in [2.05, 4.69) is 15.3 Å². The van der Waals surface area contributed by atoms with Crippen molar-refractivity contribution >= 4 is 16.9 Å². The standard InChI is InChI=1S/C17H16N4O2/c1-2-21-15-13(6-4-8-19-15)9-14(17(21)23)16(22)20-11-12-5-3-7-18-10-12/h3-10H,2,11H2,1H3,(H,20,22). The molecule has 1 N–H and O–H groups in total. The van der Waals surface area contributed by atoms with Crippen LogP contribution in [0.1, 0.15) is 22.8 Å². The van der Waals surface area contributed by atoms with Crippen molar-refractivity contribution < 1.29 is 4.79 Å². The highest BCUT2D eigenvalue weighted by Gasteiger charge is 2.15. The third kappa shape index (κ3) is 2.96. The van der Waals surface area contributed by atoms with Crippen LogP contribution in [0.2, 0.25) is 0 Å². The van der Waals surface area contributed by atoms with Crippen molar-refractivity contribution in [1.82, 2.24) is 19.9 Å². The zero-order valence-electron chi connectivity index (χ0n) is 12.7. The van der Waals surface area contributed by atoms with Gasteiger partial charge < -0.3 is 5.32 Å². The van der Waals surface area contributed by atoms with Crippen LogP contribution >= 0.6 is 0 Å². The SMILES string of the molecule is CCn1c(=O)c(C(=O)NCc2cccnc2)cc2cccnc21. The summed E-state index contributed by atoms with van der Waals surface area (Å²) in [6.45, 7) is 2.63. The quantitative estimate of drug-likeness (QED) is 0.796. The van der Waals surface area contributed by atoms with Gasteiger partial charge in [0.25, 0.3) is 11.5 Å². The van der Waals surface area contributed by atoms with Crippen LogP contribution in [0, 0.1) is 0 Å². The van der Waals surface area contributed by atoms with Gasteiger partial charge in [0.2, 0.25) is 0 Å². The molecule has 0 saturated heterocycles. The van der Waals surface area contributed by atoms with E-state index in [1.807, 2.05) is 19.1 Å². The second-order valence-corrected chi connectivity index (χ2v) is 5.07. The van der Waals surface area contributed by atoms with Gasteiger partial charge in [-0.3, -0.25) is 19.1 Å². The predicted molar refractivity (Wildman–Crippen MR) is 87.1 cm³/mol. The minimum absolute atomic E-state index is 0.122. The van der Waals surface area contributed by atoms with E-state index in [4.69, 9.17) is 0 Å². The van der Waals surface area contributed by atoms with Gasteiger partial charge in [-0.15, -0.1) is 0 Å². The monoisotopic (exact) mass is 308 g/mol. The first-order valence-electron chi connectivity index (χ1n) is 7.36. The molecule has 0 bridgehead atoms. The summed E-state index contributed by atoms with van der Waals surface area (Å²) in [5.41, 5.74) is 1.25. The maximum atomic E-state index is 12.5. The molecule has 0 aliphatic heterocycles. The Labute approximate surface area is 132 Å². The molecule has 6 heteroatoms. The van der Waals surface area contributed by atoms with Crippen molar-refractivity contribution in [3.8, 4) is 0 Å². The van der Waals surface area contributed by atoms with E-state index in [9.17, 15) is 9.59 Å². The lowest BCUT2D eigenvalue weighted by molar-refractivity contribution is 0.0949. The highest BCUT2D eigenvalue weighted by molar-refractivity contribution is 5.96. The molecule has 0 radical (unpaired) electrons. The van der Waals surface area contributed by atoms with Gasteiger partial charge >= 0.3 is 0 Å². The zero-order valence-corrected chi connectivity index (χ0v) is 12.7. The maximum absolute atomic E-state index is 12.5. The van der Waals surface area contributed by atoms with E-state index in [1.54, 1.807) is 36.8 Å². The van der Waals surface area contributed by atoms with Gasteiger partial charge in [-0.2, -0.15) is 0 Å². The second kappa shape index (κ2) is 6.39. The summed E-state index contributed by atoms with van der Waals surface area (Å²) < 4.78 is 1.51. The molecule has 0 aliphatic carbocycles. The zero-order chi connectivity index (χ0) is 16.2. The molecule has 0 spiro atoms.